The van der Waals surface area contributed by atoms with Crippen molar-refractivity contribution in [1.82, 2.24) is 4.98 Å². The van der Waals surface area contributed by atoms with E-state index >= 15 is 0 Å². The lowest BCUT2D eigenvalue weighted by molar-refractivity contribution is 1.14. The number of hydrogen-bond donors (Lipinski definition) is 0. The molecule has 0 spiro atoms. The fraction of sp³-hybridized carbons (Fsp3) is 0. The highest BCUT2D eigenvalue weighted by Crippen LogP contribution is 1.86. The molecule has 2 heteroatoms. The summed E-state index contributed by atoms with van der Waals surface area (Å²) in [5, 5.41) is 0.655. The average Bonchev–Trinajstić information content (AvgIpc) is 1.69. The van der Waals surface area contributed by atoms with Gasteiger partial charge in [-0.1, -0.05) is 17.2 Å². The van der Waals surface area contributed by atoms with Crippen LogP contribution in [0.25, 0.3) is 0 Å². The van der Waals surface area contributed by atoms with E-state index in [9.17, 15) is 0 Å². The van der Waals surface area contributed by atoms with Crippen molar-refractivity contribution in [2.45, 2.75) is 5.03 Å². The van der Waals surface area contributed by atoms with E-state index in [0.717, 1.165) is 0 Å². The SMILES string of the molecule is [S-]c1ccccn1. The van der Waals surface area contributed by atoms with E-state index in [0.29, 0.717) is 5.03 Å². The molecule has 0 saturated heterocycles. The summed E-state index contributed by atoms with van der Waals surface area (Å²) in [6.45, 7) is 0. The van der Waals surface area contributed by atoms with Gasteiger partial charge in [-0.15, -0.1) is 0 Å². The number of nitrogens with zero attached hydrogens (tertiary/aromatic N) is 1. The fourth-order valence-electron chi connectivity index (χ4n) is 0.347. The summed E-state index contributed by atoms with van der Waals surface area (Å²) in [6, 6.07) is 5.50. The molecule has 1 aromatic rings. The van der Waals surface area contributed by atoms with Crippen LogP contribution in [0.2, 0.25) is 0 Å². The van der Waals surface area contributed by atoms with E-state index in [1.165, 1.54) is 0 Å². The molecule has 36 valence electrons. The first-order valence-corrected chi connectivity index (χ1v) is 2.38. The van der Waals surface area contributed by atoms with Crippen LogP contribution in [-0.2, 0) is 12.6 Å². The molecule has 0 radical (unpaired) electrons. The Hall–Kier alpha value is -0.630. The molecule has 0 aliphatic heterocycles. The minimum Gasteiger partial charge on any atom is -0.760 e. The molecule has 0 aliphatic rings. The number of rotatable bonds is 0. The highest BCUT2D eigenvalue weighted by Gasteiger charge is 1.64. The van der Waals surface area contributed by atoms with E-state index in [-0.39, 0.29) is 0 Å². The van der Waals surface area contributed by atoms with Crippen molar-refractivity contribution in [3.63, 3.8) is 0 Å². The van der Waals surface area contributed by atoms with E-state index in [1.807, 2.05) is 12.1 Å². The molecule has 0 unspecified atom stereocenters. The van der Waals surface area contributed by atoms with Crippen molar-refractivity contribution >= 4 is 12.6 Å². The first-order chi connectivity index (χ1) is 3.39. The quantitative estimate of drug-likeness (QED) is 0.462. The van der Waals surface area contributed by atoms with E-state index in [4.69, 9.17) is 12.6 Å². The molecule has 7 heavy (non-hydrogen) atoms. The van der Waals surface area contributed by atoms with Gasteiger partial charge >= 0.3 is 0 Å². The van der Waals surface area contributed by atoms with Gasteiger partial charge in [0, 0.05) is 6.20 Å². The fourth-order valence-corrected chi connectivity index (χ4v) is 0.487. The predicted molar refractivity (Wildman–Crippen MR) is 29.9 cm³/mol. The van der Waals surface area contributed by atoms with Crippen molar-refractivity contribution in [2.75, 3.05) is 0 Å². The second-order valence-electron chi connectivity index (χ2n) is 1.17. The third-order valence-corrected chi connectivity index (χ3v) is 0.879. The smallest absolute Gasteiger partial charge is 0.0249 e. The third-order valence-electron chi connectivity index (χ3n) is 0.638. The Kier molecular flexibility index (Phi) is 1.22. The van der Waals surface area contributed by atoms with Crippen molar-refractivity contribution in [1.29, 1.82) is 0 Å². The molecule has 1 rings (SSSR count). The maximum Gasteiger partial charge on any atom is 0.0249 e. The lowest BCUT2D eigenvalue weighted by Crippen LogP contribution is -1.71. The average molecular weight is 110 g/mol. The Labute approximate surface area is 47.8 Å². The zero-order valence-corrected chi connectivity index (χ0v) is 4.48. The summed E-state index contributed by atoms with van der Waals surface area (Å²) in [5.74, 6) is 0. The van der Waals surface area contributed by atoms with Gasteiger partial charge in [0.1, 0.15) is 0 Å². The van der Waals surface area contributed by atoms with Crippen molar-refractivity contribution in [2.24, 2.45) is 0 Å². The molecule has 0 N–H and O–H groups in total. The van der Waals surface area contributed by atoms with Crippen LogP contribution in [0, 0.1) is 0 Å². The Morgan fingerprint density at radius 2 is 2.29 bits per heavy atom. The van der Waals surface area contributed by atoms with Crippen LogP contribution in [0.3, 0.4) is 0 Å². The molecule has 1 heterocycles. The molecule has 0 saturated carbocycles. The summed E-state index contributed by atoms with van der Waals surface area (Å²) in [7, 11) is 0. The lowest BCUT2D eigenvalue weighted by atomic mass is 10.5. The summed E-state index contributed by atoms with van der Waals surface area (Å²) in [6.07, 6.45) is 1.68. The van der Waals surface area contributed by atoms with Crippen molar-refractivity contribution in [3.8, 4) is 0 Å². The monoisotopic (exact) mass is 110 g/mol. The Balaban J connectivity index is 3.02. The van der Waals surface area contributed by atoms with Crippen LogP contribution >= 0.6 is 0 Å². The standard InChI is InChI=1S/C5H5NS/c7-5-3-1-2-4-6-5/h1-4H,(H,6,7)/p-1. The summed E-state index contributed by atoms with van der Waals surface area (Å²) < 4.78 is 0. The topological polar surface area (TPSA) is 12.9 Å². The van der Waals surface area contributed by atoms with Gasteiger partial charge in [0.2, 0.25) is 0 Å². The van der Waals surface area contributed by atoms with Gasteiger partial charge in [-0.3, -0.25) is 4.98 Å². The van der Waals surface area contributed by atoms with Gasteiger partial charge in [0.25, 0.3) is 0 Å². The first-order valence-electron chi connectivity index (χ1n) is 1.97. The van der Waals surface area contributed by atoms with E-state index in [2.05, 4.69) is 4.98 Å². The molecular formula is C5H4NS-. The predicted octanol–water partition coefficient (Wildman–Crippen LogP) is 0.987. The van der Waals surface area contributed by atoms with Gasteiger partial charge in [-0.2, -0.15) is 0 Å². The van der Waals surface area contributed by atoms with Gasteiger partial charge in [-0.05, 0) is 6.07 Å². The van der Waals surface area contributed by atoms with Gasteiger partial charge < -0.3 is 12.6 Å². The minimum atomic E-state index is 0.655. The van der Waals surface area contributed by atoms with Gasteiger partial charge in [0.05, 0.1) is 0 Å². The molecule has 0 atom stereocenters. The van der Waals surface area contributed by atoms with E-state index in [1.54, 1.807) is 12.3 Å². The Morgan fingerprint density at radius 1 is 1.43 bits per heavy atom. The Bertz CT molecular complexity index is 138. The largest absolute Gasteiger partial charge is 0.760 e. The van der Waals surface area contributed by atoms with Crippen LogP contribution in [-0.4, -0.2) is 4.98 Å². The van der Waals surface area contributed by atoms with Crippen LogP contribution in [0.5, 0.6) is 0 Å². The first kappa shape index (κ1) is 4.53. The van der Waals surface area contributed by atoms with Crippen molar-refractivity contribution in [3.05, 3.63) is 24.4 Å². The molecule has 0 bridgehead atoms. The Morgan fingerprint density at radius 3 is 2.57 bits per heavy atom. The van der Waals surface area contributed by atoms with E-state index < -0.39 is 0 Å². The molecule has 1 nitrogen and oxygen atoms in total. The van der Waals surface area contributed by atoms with Crippen LogP contribution < -0.4 is 0 Å². The van der Waals surface area contributed by atoms with Crippen LogP contribution in [0.15, 0.2) is 29.4 Å². The number of aromatic nitrogens is 1. The summed E-state index contributed by atoms with van der Waals surface area (Å²) in [5.41, 5.74) is 0. The van der Waals surface area contributed by atoms with Crippen LogP contribution in [0.4, 0.5) is 0 Å². The highest BCUT2D eigenvalue weighted by atomic mass is 32.1. The molecule has 0 aromatic carbocycles. The zero-order valence-electron chi connectivity index (χ0n) is 3.66. The molecule has 0 fully saturated rings. The third kappa shape index (κ3) is 1.12. The second-order valence-corrected chi connectivity index (χ2v) is 1.59. The maximum atomic E-state index is 4.70. The lowest BCUT2D eigenvalue weighted by Gasteiger charge is -1.97. The highest BCUT2D eigenvalue weighted by molar-refractivity contribution is 7.58. The molecule has 0 aliphatic carbocycles. The summed E-state index contributed by atoms with van der Waals surface area (Å²) >= 11 is 4.70. The van der Waals surface area contributed by atoms with Crippen molar-refractivity contribution < 1.29 is 0 Å². The van der Waals surface area contributed by atoms with Gasteiger partial charge in [0.15, 0.2) is 0 Å². The van der Waals surface area contributed by atoms with Crippen LogP contribution in [0.1, 0.15) is 0 Å². The number of pyridine rings is 1. The molecule has 1 aromatic heterocycles. The summed E-state index contributed by atoms with van der Waals surface area (Å²) in [4.78, 5) is 3.79. The zero-order chi connectivity index (χ0) is 5.11. The normalized spacial score (nSPS) is 8.57. The molecule has 0 amide bonds. The minimum absolute atomic E-state index is 0.655. The number of hydrogen-bond acceptors (Lipinski definition) is 2. The second kappa shape index (κ2) is 1.89. The maximum absolute atomic E-state index is 4.70. The van der Waals surface area contributed by atoms with Gasteiger partial charge in [-0.25, -0.2) is 0 Å². The molecular weight excluding hydrogens is 106 g/mol.